The summed E-state index contributed by atoms with van der Waals surface area (Å²) in [5, 5.41) is 15.8. The molecule has 20 heavy (non-hydrogen) atoms. The van der Waals surface area contributed by atoms with Crippen molar-refractivity contribution in [1.82, 2.24) is 9.78 Å². The zero-order chi connectivity index (χ0) is 14.7. The van der Waals surface area contributed by atoms with E-state index in [1.54, 1.807) is 0 Å². The van der Waals surface area contributed by atoms with Crippen molar-refractivity contribution >= 4 is 23.3 Å². The Morgan fingerprint density at radius 1 is 1.35 bits per heavy atom. The van der Waals surface area contributed by atoms with Crippen LogP contribution >= 0.6 is 11.6 Å². The number of nitrogens with one attached hydrogen (secondary N) is 1. The number of hydrogen-bond acceptors (Lipinski definition) is 3. The molecule has 1 N–H and O–H groups in total. The molecular formula is C14H13ClN4O. The van der Waals surface area contributed by atoms with Gasteiger partial charge in [-0.25, -0.2) is 4.68 Å². The van der Waals surface area contributed by atoms with Crippen LogP contribution in [0.15, 0.2) is 24.3 Å². The van der Waals surface area contributed by atoms with E-state index in [0.29, 0.717) is 5.82 Å². The zero-order valence-corrected chi connectivity index (χ0v) is 11.9. The summed E-state index contributed by atoms with van der Waals surface area (Å²) < 4.78 is 1.53. The van der Waals surface area contributed by atoms with Crippen molar-refractivity contribution in [3.8, 4) is 11.8 Å². The molecule has 6 heteroatoms. The second-order valence-corrected chi connectivity index (χ2v) is 4.73. The predicted molar refractivity (Wildman–Crippen MR) is 77.1 cm³/mol. The lowest BCUT2D eigenvalue weighted by Gasteiger charge is -2.09. The largest absolute Gasteiger partial charge is 0.310 e. The lowest BCUT2D eigenvalue weighted by Crippen LogP contribution is -2.15. The molecule has 0 radical (unpaired) electrons. The molecular weight excluding hydrogens is 276 g/mol. The summed E-state index contributed by atoms with van der Waals surface area (Å²) in [6, 6.07) is 9.37. The van der Waals surface area contributed by atoms with E-state index in [4.69, 9.17) is 16.9 Å². The predicted octanol–water partition coefficient (Wildman–Crippen LogP) is 2.54. The molecule has 2 aromatic rings. The van der Waals surface area contributed by atoms with E-state index < -0.39 is 0 Å². The van der Waals surface area contributed by atoms with Gasteiger partial charge in [-0.15, -0.1) is 11.6 Å². The van der Waals surface area contributed by atoms with Gasteiger partial charge in [0.25, 0.3) is 0 Å². The highest BCUT2D eigenvalue weighted by atomic mass is 35.5. The molecule has 0 bridgehead atoms. The fourth-order valence-electron chi connectivity index (χ4n) is 1.97. The molecule has 1 aromatic carbocycles. The van der Waals surface area contributed by atoms with E-state index in [2.05, 4.69) is 10.4 Å². The Morgan fingerprint density at radius 2 is 2.00 bits per heavy atom. The lowest BCUT2D eigenvalue weighted by molar-refractivity contribution is -0.114. The van der Waals surface area contributed by atoms with Crippen molar-refractivity contribution in [1.29, 1.82) is 5.26 Å². The maximum Gasteiger partial charge on any atom is 0.240 e. The van der Waals surface area contributed by atoms with Crippen LogP contribution in [0.2, 0.25) is 0 Å². The number of carbonyl (C=O) groups excluding carboxylic acids is 1. The number of amides is 1. The van der Waals surface area contributed by atoms with Crippen LogP contribution < -0.4 is 5.32 Å². The highest BCUT2D eigenvalue weighted by molar-refractivity contribution is 6.29. The molecule has 1 heterocycles. The first-order valence-electron chi connectivity index (χ1n) is 5.98. The van der Waals surface area contributed by atoms with Crippen molar-refractivity contribution < 1.29 is 4.79 Å². The Morgan fingerprint density at radius 3 is 2.55 bits per heavy atom. The highest BCUT2D eigenvalue weighted by Crippen LogP contribution is 2.19. The molecule has 1 aromatic heterocycles. The standard InChI is InChI=1S/C14H13ClN4O/c1-9-3-10(2)5-12(4-9)19-13(17-14(20)7-15)6-11(8-16)18-19/h3-6H,7H2,1-2H3,(H,17,20). The summed E-state index contributed by atoms with van der Waals surface area (Å²) in [6.45, 7) is 3.95. The molecule has 0 saturated heterocycles. The van der Waals surface area contributed by atoms with E-state index in [-0.39, 0.29) is 17.5 Å². The minimum Gasteiger partial charge on any atom is -0.310 e. The minimum absolute atomic E-state index is 0.153. The molecule has 0 unspecified atom stereocenters. The van der Waals surface area contributed by atoms with Gasteiger partial charge in [0.05, 0.1) is 5.69 Å². The number of nitriles is 1. The third-order valence-electron chi connectivity index (χ3n) is 2.66. The van der Waals surface area contributed by atoms with Gasteiger partial charge in [0.1, 0.15) is 17.8 Å². The van der Waals surface area contributed by atoms with Gasteiger partial charge in [-0.3, -0.25) is 4.79 Å². The summed E-state index contributed by atoms with van der Waals surface area (Å²) in [7, 11) is 0. The van der Waals surface area contributed by atoms with Gasteiger partial charge < -0.3 is 5.32 Å². The Hall–Kier alpha value is -2.32. The summed E-state index contributed by atoms with van der Waals surface area (Å²) in [6.07, 6.45) is 0. The highest BCUT2D eigenvalue weighted by Gasteiger charge is 2.12. The molecule has 2 rings (SSSR count). The Bertz CT molecular complexity index is 679. The molecule has 0 aliphatic heterocycles. The van der Waals surface area contributed by atoms with Gasteiger partial charge in [-0.05, 0) is 37.1 Å². The first-order chi connectivity index (χ1) is 9.53. The van der Waals surface area contributed by atoms with Crippen molar-refractivity contribution in [2.75, 3.05) is 11.2 Å². The summed E-state index contributed by atoms with van der Waals surface area (Å²) in [5.74, 6) is -0.0706. The molecule has 5 nitrogen and oxygen atoms in total. The van der Waals surface area contributed by atoms with Crippen molar-refractivity contribution in [2.45, 2.75) is 13.8 Å². The fraction of sp³-hybridized carbons (Fsp3) is 0.214. The zero-order valence-electron chi connectivity index (χ0n) is 11.1. The summed E-state index contributed by atoms with van der Waals surface area (Å²) in [4.78, 5) is 11.4. The third kappa shape index (κ3) is 2.98. The smallest absolute Gasteiger partial charge is 0.240 e. The van der Waals surface area contributed by atoms with Crippen LogP contribution in [0.3, 0.4) is 0 Å². The number of benzene rings is 1. The second kappa shape index (κ2) is 5.76. The number of rotatable bonds is 3. The van der Waals surface area contributed by atoms with Crippen LogP contribution in [-0.4, -0.2) is 21.6 Å². The van der Waals surface area contributed by atoms with Crippen LogP contribution in [0.4, 0.5) is 5.82 Å². The summed E-state index contributed by atoms with van der Waals surface area (Å²) >= 11 is 5.48. The summed E-state index contributed by atoms with van der Waals surface area (Å²) in [5.41, 5.74) is 3.16. The van der Waals surface area contributed by atoms with Gasteiger partial charge in [0.2, 0.25) is 5.91 Å². The van der Waals surface area contributed by atoms with E-state index in [1.807, 2.05) is 38.1 Å². The molecule has 0 fully saturated rings. The number of halogens is 1. The first-order valence-corrected chi connectivity index (χ1v) is 6.51. The number of aromatic nitrogens is 2. The Kier molecular flexibility index (Phi) is 4.06. The van der Waals surface area contributed by atoms with Crippen LogP contribution in [-0.2, 0) is 4.79 Å². The molecule has 0 aliphatic carbocycles. The lowest BCUT2D eigenvalue weighted by atomic mass is 10.1. The fourth-order valence-corrected chi connectivity index (χ4v) is 2.04. The molecule has 0 spiro atoms. The average molecular weight is 289 g/mol. The van der Waals surface area contributed by atoms with Crippen molar-refractivity contribution in [3.05, 3.63) is 41.1 Å². The Labute approximate surface area is 121 Å². The SMILES string of the molecule is Cc1cc(C)cc(-n2nc(C#N)cc2NC(=O)CCl)c1. The first kappa shape index (κ1) is 14.1. The minimum atomic E-state index is -0.346. The van der Waals surface area contributed by atoms with Gasteiger partial charge in [0.15, 0.2) is 5.69 Å². The average Bonchev–Trinajstić information content (AvgIpc) is 2.80. The monoisotopic (exact) mass is 288 g/mol. The Balaban J connectivity index is 2.51. The van der Waals surface area contributed by atoms with E-state index >= 15 is 0 Å². The maximum atomic E-state index is 11.4. The number of carbonyl (C=O) groups is 1. The number of anilines is 1. The van der Waals surface area contributed by atoms with Gasteiger partial charge >= 0.3 is 0 Å². The number of alkyl halides is 1. The normalized spacial score (nSPS) is 10.1. The van der Waals surface area contributed by atoms with Gasteiger partial charge in [-0.2, -0.15) is 10.4 Å². The molecule has 0 saturated carbocycles. The van der Waals surface area contributed by atoms with Gasteiger partial charge in [-0.1, -0.05) is 6.07 Å². The van der Waals surface area contributed by atoms with E-state index in [0.717, 1.165) is 16.8 Å². The molecule has 102 valence electrons. The molecule has 0 aliphatic rings. The molecule has 1 amide bonds. The van der Waals surface area contributed by atoms with Gasteiger partial charge in [0, 0.05) is 6.07 Å². The van der Waals surface area contributed by atoms with E-state index in [1.165, 1.54) is 10.7 Å². The van der Waals surface area contributed by atoms with Crippen LogP contribution in [0.5, 0.6) is 0 Å². The quantitative estimate of drug-likeness (QED) is 0.882. The van der Waals surface area contributed by atoms with E-state index in [9.17, 15) is 4.79 Å². The van der Waals surface area contributed by atoms with Crippen molar-refractivity contribution in [2.24, 2.45) is 0 Å². The van der Waals surface area contributed by atoms with Crippen LogP contribution in [0, 0.1) is 25.2 Å². The number of aryl methyl sites for hydroxylation is 2. The van der Waals surface area contributed by atoms with Crippen LogP contribution in [0.25, 0.3) is 5.69 Å². The third-order valence-corrected chi connectivity index (χ3v) is 2.91. The molecule has 0 atom stereocenters. The van der Waals surface area contributed by atoms with Crippen molar-refractivity contribution in [3.63, 3.8) is 0 Å². The number of nitrogens with zero attached hydrogens (tertiary/aromatic N) is 3. The topological polar surface area (TPSA) is 70.7 Å². The second-order valence-electron chi connectivity index (χ2n) is 4.47. The van der Waals surface area contributed by atoms with Crippen LogP contribution in [0.1, 0.15) is 16.8 Å². The maximum absolute atomic E-state index is 11.4. The number of hydrogen-bond donors (Lipinski definition) is 1.